The number of hydrogen-bond donors (Lipinski definition) is 1. The standard InChI is InChI=1S/C18H33N/c1-4-14(3)12-18(19-5-2)17-11-10-15-8-6-7-9-16(15)13-17/h15-19H,3-13H2,1-2H3. The lowest BCUT2D eigenvalue weighted by atomic mass is 9.65. The fourth-order valence-corrected chi connectivity index (χ4v) is 4.40. The third-order valence-electron chi connectivity index (χ3n) is 5.62. The van der Waals surface area contributed by atoms with Crippen molar-refractivity contribution in [2.45, 2.75) is 77.7 Å². The molecule has 0 amide bonds. The van der Waals surface area contributed by atoms with Gasteiger partial charge in [-0.1, -0.05) is 51.7 Å². The van der Waals surface area contributed by atoms with Crippen LogP contribution < -0.4 is 5.32 Å². The molecule has 4 atom stereocenters. The third-order valence-corrected chi connectivity index (χ3v) is 5.62. The molecule has 2 aliphatic rings. The molecule has 0 saturated heterocycles. The molecule has 0 aromatic rings. The molecule has 2 rings (SSSR count). The first-order valence-electron chi connectivity index (χ1n) is 8.64. The first-order valence-corrected chi connectivity index (χ1v) is 8.64. The van der Waals surface area contributed by atoms with Gasteiger partial charge in [-0.05, 0) is 56.4 Å². The van der Waals surface area contributed by atoms with Crippen LogP contribution in [0.1, 0.15) is 71.6 Å². The summed E-state index contributed by atoms with van der Waals surface area (Å²) in [7, 11) is 0. The number of rotatable bonds is 6. The Morgan fingerprint density at radius 3 is 2.53 bits per heavy atom. The van der Waals surface area contributed by atoms with Crippen LogP contribution in [0.4, 0.5) is 0 Å². The zero-order valence-corrected chi connectivity index (χ0v) is 13.1. The second-order valence-electron chi connectivity index (χ2n) is 6.85. The van der Waals surface area contributed by atoms with Gasteiger partial charge in [-0.15, -0.1) is 0 Å². The average Bonchev–Trinajstić information content (AvgIpc) is 2.46. The van der Waals surface area contributed by atoms with E-state index in [9.17, 15) is 0 Å². The van der Waals surface area contributed by atoms with Crippen LogP contribution in [0.15, 0.2) is 12.2 Å². The van der Waals surface area contributed by atoms with E-state index in [-0.39, 0.29) is 0 Å². The van der Waals surface area contributed by atoms with E-state index in [1.807, 2.05) is 0 Å². The van der Waals surface area contributed by atoms with E-state index in [0.29, 0.717) is 6.04 Å². The lowest BCUT2D eigenvalue weighted by Gasteiger charge is -2.42. The highest BCUT2D eigenvalue weighted by Gasteiger charge is 2.35. The van der Waals surface area contributed by atoms with Crippen molar-refractivity contribution in [3.05, 3.63) is 12.2 Å². The lowest BCUT2D eigenvalue weighted by Crippen LogP contribution is -2.41. The Morgan fingerprint density at radius 1 is 1.11 bits per heavy atom. The van der Waals surface area contributed by atoms with Gasteiger partial charge in [0, 0.05) is 6.04 Å². The summed E-state index contributed by atoms with van der Waals surface area (Å²) < 4.78 is 0. The van der Waals surface area contributed by atoms with E-state index in [1.54, 1.807) is 0 Å². The molecular formula is C18H33N. The summed E-state index contributed by atoms with van der Waals surface area (Å²) in [5.41, 5.74) is 1.43. The molecule has 0 aromatic heterocycles. The van der Waals surface area contributed by atoms with Crippen LogP contribution in [0.25, 0.3) is 0 Å². The third kappa shape index (κ3) is 4.08. The van der Waals surface area contributed by atoms with Gasteiger partial charge in [-0.2, -0.15) is 0 Å². The fourth-order valence-electron chi connectivity index (χ4n) is 4.40. The maximum absolute atomic E-state index is 4.23. The second-order valence-corrected chi connectivity index (χ2v) is 6.85. The second kappa shape index (κ2) is 7.47. The fraction of sp³-hybridized carbons (Fsp3) is 0.889. The molecule has 0 aliphatic heterocycles. The molecular weight excluding hydrogens is 230 g/mol. The minimum atomic E-state index is 0.695. The van der Waals surface area contributed by atoms with E-state index in [2.05, 4.69) is 25.7 Å². The minimum Gasteiger partial charge on any atom is -0.314 e. The SMILES string of the molecule is C=C(CC)CC(NCC)C1CCC2CCCCC2C1. The highest BCUT2D eigenvalue weighted by Crippen LogP contribution is 2.44. The molecule has 0 spiro atoms. The Balaban J connectivity index is 1.91. The first kappa shape index (κ1) is 15.1. The van der Waals surface area contributed by atoms with Crippen LogP contribution in [-0.2, 0) is 0 Å². The van der Waals surface area contributed by atoms with Gasteiger partial charge in [-0.3, -0.25) is 0 Å². The molecule has 4 unspecified atom stereocenters. The Morgan fingerprint density at radius 2 is 1.84 bits per heavy atom. The van der Waals surface area contributed by atoms with Crippen LogP contribution in [0.3, 0.4) is 0 Å². The van der Waals surface area contributed by atoms with Crippen molar-refractivity contribution < 1.29 is 0 Å². The van der Waals surface area contributed by atoms with Gasteiger partial charge < -0.3 is 5.32 Å². The quantitative estimate of drug-likeness (QED) is 0.670. The molecule has 2 saturated carbocycles. The summed E-state index contributed by atoms with van der Waals surface area (Å²) in [6, 6.07) is 0.695. The van der Waals surface area contributed by atoms with Gasteiger partial charge in [0.25, 0.3) is 0 Å². The van der Waals surface area contributed by atoms with E-state index in [4.69, 9.17) is 0 Å². The molecule has 110 valence electrons. The van der Waals surface area contributed by atoms with E-state index < -0.39 is 0 Å². The normalized spacial score (nSPS) is 32.6. The molecule has 1 N–H and O–H groups in total. The van der Waals surface area contributed by atoms with Gasteiger partial charge in [0.15, 0.2) is 0 Å². The molecule has 1 heteroatoms. The average molecular weight is 263 g/mol. The predicted molar refractivity (Wildman–Crippen MR) is 84.3 cm³/mol. The molecule has 1 nitrogen and oxygen atoms in total. The topological polar surface area (TPSA) is 12.0 Å². The number of fused-ring (bicyclic) bond motifs is 1. The Kier molecular flexibility index (Phi) is 5.94. The number of hydrogen-bond acceptors (Lipinski definition) is 1. The van der Waals surface area contributed by atoms with Crippen molar-refractivity contribution in [3.63, 3.8) is 0 Å². The lowest BCUT2D eigenvalue weighted by molar-refractivity contribution is 0.109. The summed E-state index contributed by atoms with van der Waals surface area (Å²) in [5.74, 6) is 3.02. The molecule has 0 heterocycles. The van der Waals surface area contributed by atoms with Crippen molar-refractivity contribution >= 4 is 0 Å². The van der Waals surface area contributed by atoms with E-state index >= 15 is 0 Å². The van der Waals surface area contributed by atoms with Crippen molar-refractivity contribution in [2.75, 3.05) is 6.54 Å². The van der Waals surface area contributed by atoms with Crippen LogP contribution >= 0.6 is 0 Å². The monoisotopic (exact) mass is 263 g/mol. The van der Waals surface area contributed by atoms with Crippen LogP contribution in [0, 0.1) is 17.8 Å². The van der Waals surface area contributed by atoms with Gasteiger partial charge in [0.2, 0.25) is 0 Å². The minimum absolute atomic E-state index is 0.695. The largest absolute Gasteiger partial charge is 0.314 e. The molecule has 0 aromatic carbocycles. The zero-order valence-electron chi connectivity index (χ0n) is 13.1. The highest BCUT2D eigenvalue weighted by atomic mass is 14.9. The van der Waals surface area contributed by atoms with Crippen molar-refractivity contribution in [1.82, 2.24) is 5.32 Å². The Labute approximate surface area is 120 Å². The van der Waals surface area contributed by atoms with Gasteiger partial charge in [0.05, 0.1) is 0 Å². The zero-order chi connectivity index (χ0) is 13.7. The van der Waals surface area contributed by atoms with Crippen molar-refractivity contribution in [1.29, 1.82) is 0 Å². The number of nitrogens with one attached hydrogen (secondary N) is 1. The summed E-state index contributed by atoms with van der Waals surface area (Å²) in [4.78, 5) is 0. The van der Waals surface area contributed by atoms with Gasteiger partial charge in [0.1, 0.15) is 0 Å². The maximum atomic E-state index is 4.23. The Hall–Kier alpha value is -0.300. The molecule has 2 fully saturated rings. The van der Waals surface area contributed by atoms with E-state index in [1.165, 1.54) is 56.9 Å². The first-order chi connectivity index (χ1) is 9.24. The van der Waals surface area contributed by atoms with Crippen molar-refractivity contribution in [2.24, 2.45) is 17.8 Å². The predicted octanol–water partition coefficient (Wildman–Crippen LogP) is 4.93. The van der Waals surface area contributed by atoms with Crippen LogP contribution in [0.2, 0.25) is 0 Å². The maximum Gasteiger partial charge on any atom is 0.0132 e. The van der Waals surface area contributed by atoms with E-state index in [0.717, 1.165) is 30.7 Å². The smallest absolute Gasteiger partial charge is 0.0132 e. The molecule has 0 radical (unpaired) electrons. The van der Waals surface area contributed by atoms with Gasteiger partial charge in [-0.25, -0.2) is 0 Å². The Bertz CT molecular complexity index is 283. The summed E-state index contributed by atoms with van der Waals surface area (Å²) in [5, 5.41) is 3.75. The summed E-state index contributed by atoms with van der Waals surface area (Å²) in [6.45, 7) is 9.82. The van der Waals surface area contributed by atoms with Gasteiger partial charge >= 0.3 is 0 Å². The van der Waals surface area contributed by atoms with Crippen molar-refractivity contribution in [3.8, 4) is 0 Å². The summed E-state index contributed by atoms with van der Waals surface area (Å²) in [6.07, 6.45) is 12.8. The highest BCUT2D eigenvalue weighted by molar-refractivity contribution is 4.99. The summed E-state index contributed by atoms with van der Waals surface area (Å²) >= 11 is 0. The molecule has 0 bridgehead atoms. The molecule has 2 aliphatic carbocycles. The van der Waals surface area contributed by atoms with Crippen LogP contribution in [-0.4, -0.2) is 12.6 Å². The molecule has 19 heavy (non-hydrogen) atoms. The van der Waals surface area contributed by atoms with Crippen LogP contribution in [0.5, 0.6) is 0 Å².